The molecule has 0 radical (unpaired) electrons. The lowest BCUT2D eigenvalue weighted by Gasteiger charge is -2.20. The molecule has 112 valence electrons. The van der Waals surface area contributed by atoms with Crippen LogP contribution in [0.2, 0.25) is 0 Å². The molecule has 0 aliphatic heterocycles. The Hall–Kier alpha value is -1.62. The number of hydrogen-bond donors (Lipinski definition) is 0. The van der Waals surface area contributed by atoms with Crippen molar-refractivity contribution in [2.75, 3.05) is 32.8 Å². The second-order valence-electron chi connectivity index (χ2n) is 4.38. The van der Waals surface area contributed by atoms with Crippen molar-refractivity contribution in [3.63, 3.8) is 0 Å². The van der Waals surface area contributed by atoms with Gasteiger partial charge < -0.3 is 9.47 Å². The second-order valence-corrected chi connectivity index (χ2v) is 4.38. The molecule has 0 aromatic heterocycles. The summed E-state index contributed by atoms with van der Waals surface area (Å²) in [7, 11) is 0. The Kier molecular flexibility index (Phi) is 7.65. The van der Waals surface area contributed by atoms with Gasteiger partial charge in [0.05, 0.1) is 13.2 Å². The third kappa shape index (κ3) is 6.52. The van der Waals surface area contributed by atoms with Crippen molar-refractivity contribution in [2.45, 2.75) is 20.3 Å². The van der Waals surface area contributed by atoms with E-state index in [2.05, 4.69) is 6.92 Å². The van der Waals surface area contributed by atoms with Crippen LogP contribution in [0.25, 0.3) is 0 Å². The third-order valence-electron chi connectivity index (χ3n) is 2.69. The van der Waals surface area contributed by atoms with Gasteiger partial charge in [0.1, 0.15) is 18.2 Å². The van der Waals surface area contributed by atoms with Gasteiger partial charge in [0.2, 0.25) is 0 Å². The first kappa shape index (κ1) is 16.4. The summed E-state index contributed by atoms with van der Waals surface area (Å²) in [4.78, 5) is 13.4. The summed E-state index contributed by atoms with van der Waals surface area (Å²) in [5.41, 5.74) is 0. The van der Waals surface area contributed by atoms with Crippen molar-refractivity contribution in [1.29, 1.82) is 0 Å². The van der Waals surface area contributed by atoms with E-state index in [4.69, 9.17) is 9.47 Å². The van der Waals surface area contributed by atoms with Crippen molar-refractivity contribution in [2.24, 2.45) is 0 Å². The van der Waals surface area contributed by atoms with Crippen LogP contribution in [0, 0.1) is 5.82 Å². The number of esters is 1. The number of nitrogens with zero attached hydrogens (tertiary/aromatic N) is 1. The van der Waals surface area contributed by atoms with E-state index in [0.717, 1.165) is 13.0 Å². The summed E-state index contributed by atoms with van der Waals surface area (Å²) in [5.74, 6) is 0.119. The molecule has 0 fully saturated rings. The van der Waals surface area contributed by atoms with E-state index in [1.165, 1.54) is 12.1 Å². The minimum absolute atomic E-state index is 0.220. The molecule has 0 amide bonds. The van der Waals surface area contributed by atoms with Crippen molar-refractivity contribution in [3.8, 4) is 5.75 Å². The highest BCUT2D eigenvalue weighted by Gasteiger charge is 2.10. The molecule has 0 heterocycles. The Morgan fingerprint density at radius 1 is 1.20 bits per heavy atom. The van der Waals surface area contributed by atoms with Gasteiger partial charge in [0.15, 0.2) is 0 Å². The molecule has 0 aliphatic carbocycles. The highest BCUT2D eigenvalue weighted by molar-refractivity contribution is 5.71. The van der Waals surface area contributed by atoms with Gasteiger partial charge in [-0.3, -0.25) is 9.69 Å². The van der Waals surface area contributed by atoms with Gasteiger partial charge in [-0.15, -0.1) is 0 Å². The van der Waals surface area contributed by atoms with Crippen LogP contribution in [0.15, 0.2) is 24.3 Å². The van der Waals surface area contributed by atoms with E-state index < -0.39 is 0 Å². The average molecular weight is 283 g/mol. The van der Waals surface area contributed by atoms with Crippen LogP contribution >= 0.6 is 0 Å². The van der Waals surface area contributed by atoms with Crippen LogP contribution in [0.3, 0.4) is 0 Å². The molecule has 0 aliphatic rings. The molecule has 0 unspecified atom stereocenters. The average Bonchev–Trinajstić information content (AvgIpc) is 2.41. The van der Waals surface area contributed by atoms with Gasteiger partial charge in [-0.25, -0.2) is 4.39 Å². The first-order valence-corrected chi connectivity index (χ1v) is 6.92. The number of carbonyl (C=O) groups is 1. The topological polar surface area (TPSA) is 38.8 Å². The minimum Gasteiger partial charge on any atom is -0.492 e. The van der Waals surface area contributed by atoms with Crippen LogP contribution < -0.4 is 4.74 Å². The molecular weight excluding hydrogens is 261 g/mol. The smallest absolute Gasteiger partial charge is 0.320 e. The number of ether oxygens (including phenoxy) is 2. The number of carbonyl (C=O) groups excluding carboxylic acids is 1. The SMILES string of the molecule is CCCN(CCOc1ccc(F)cc1)CC(=O)OCC. The Morgan fingerprint density at radius 3 is 2.50 bits per heavy atom. The van der Waals surface area contributed by atoms with E-state index in [9.17, 15) is 9.18 Å². The van der Waals surface area contributed by atoms with Crippen LogP contribution in [-0.4, -0.2) is 43.7 Å². The fraction of sp³-hybridized carbons (Fsp3) is 0.533. The maximum atomic E-state index is 12.7. The summed E-state index contributed by atoms with van der Waals surface area (Å²) >= 11 is 0. The van der Waals surface area contributed by atoms with Crippen LogP contribution in [0.5, 0.6) is 5.75 Å². The Balaban J connectivity index is 2.34. The Bertz CT molecular complexity index is 395. The Labute approximate surface area is 119 Å². The normalized spacial score (nSPS) is 10.6. The van der Waals surface area contributed by atoms with Gasteiger partial charge >= 0.3 is 5.97 Å². The maximum absolute atomic E-state index is 12.7. The summed E-state index contributed by atoms with van der Waals surface area (Å²) in [6, 6.07) is 5.89. The first-order chi connectivity index (χ1) is 9.65. The van der Waals surface area contributed by atoms with Crippen molar-refractivity contribution < 1.29 is 18.7 Å². The lowest BCUT2D eigenvalue weighted by molar-refractivity contribution is -0.144. The highest BCUT2D eigenvalue weighted by atomic mass is 19.1. The second kappa shape index (κ2) is 9.31. The number of benzene rings is 1. The molecule has 0 N–H and O–H groups in total. The summed E-state index contributed by atoms with van der Waals surface area (Å²) in [6.07, 6.45) is 0.954. The first-order valence-electron chi connectivity index (χ1n) is 6.92. The van der Waals surface area contributed by atoms with Gasteiger partial charge in [0.25, 0.3) is 0 Å². The fourth-order valence-electron chi connectivity index (χ4n) is 1.80. The molecule has 20 heavy (non-hydrogen) atoms. The van der Waals surface area contributed by atoms with E-state index in [1.807, 2.05) is 4.90 Å². The molecule has 0 bridgehead atoms. The zero-order valence-corrected chi connectivity index (χ0v) is 12.1. The largest absolute Gasteiger partial charge is 0.492 e. The Morgan fingerprint density at radius 2 is 1.90 bits per heavy atom. The third-order valence-corrected chi connectivity index (χ3v) is 2.69. The molecule has 0 saturated heterocycles. The van der Waals surface area contributed by atoms with Gasteiger partial charge in [-0.05, 0) is 44.2 Å². The molecule has 0 atom stereocenters. The minimum atomic E-state index is -0.285. The molecule has 1 aromatic carbocycles. The number of halogens is 1. The van der Waals surface area contributed by atoms with Crippen LogP contribution in [0.1, 0.15) is 20.3 Å². The van der Waals surface area contributed by atoms with Crippen molar-refractivity contribution in [3.05, 3.63) is 30.1 Å². The molecule has 5 heteroatoms. The van der Waals surface area contributed by atoms with Gasteiger partial charge in [-0.1, -0.05) is 6.92 Å². The molecule has 0 spiro atoms. The monoisotopic (exact) mass is 283 g/mol. The van der Waals surface area contributed by atoms with Gasteiger partial charge in [0, 0.05) is 6.54 Å². The van der Waals surface area contributed by atoms with E-state index in [0.29, 0.717) is 25.5 Å². The lowest BCUT2D eigenvalue weighted by Crippen LogP contribution is -2.35. The van der Waals surface area contributed by atoms with Crippen LogP contribution in [-0.2, 0) is 9.53 Å². The standard InChI is InChI=1S/C15H22FNO3/c1-3-9-17(12-15(18)19-4-2)10-11-20-14-7-5-13(16)6-8-14/h5-8H,3-4,9-12H2,1-2H3. The van der Waals surface area contributed by atoms with E-state index in [1.54, 1.807) is 19.1 Å². The quantitative estimate of drug-likeness (QED) is 0.653. The van der Waals surface area contributed by atoms with Crippen LogP contribution in [0.4, 0.5) is 4.39 Å². The predicted molar refractivity (Wildman–Crippen MR) is 75.3 cm³/mol. The zero-order chi connectivity index (χ0) is 14.8. The van der Waals surface area contributed by atoms with Crippen molar-refractivity contribution >= 4 is 5.97 Å². The summed E-state index contributed by atoms with van der Waals surface area (Å²) in [6.45, 7) is 6.40. The number of hydrogen-bond acceptors (Lipinski definition) is 4. The summed E-state index contributed by atoms with van der Waals surface area (Å²) in [5, 5.41) is 0. The predicted octanol–water partition coefficient (Wildman–Crippen LogP) is 2.48. The van der Waals surface area contributed by atoms with E-state index >= 15 is 0 Å². The molecule has 1 rings (SSSR count). The van der Waals surface area contributed by atoms with Crippen molar-refractivity contribution in [1.82, 2.24) is 4.90 Å². The highest BCUT2D eigenvalue weighted by Crippen LogP contribution is 2.10. The zero-order valence-electron chi connectivity index (χ0n) is 12.1. The molecule has 1 aromatic rings. The van der Waals surface area contributed by atoms with Gasteiger partial charge in [-0.2, -0.15) is 0 Å². The molecule has 4 nitrogen and oxygen atoms in total. The summed E-state index contributed by atoms with van der Waals surface area (Å²) < 4.78 is 23.2. The van der Waals surface area contributed by atoms with E-state index in [-0.39, 0.29) is 18.3 Å². The fourth-order valence-corrected chi connectivity index (χ4v) is 1.80. The molecule has 0 saturated carbocycles. The lowest BCUT2D eigenvalue weighted by atomic mass is 10.3. The number of rotatable bonds is 9. The maximum Gasteiger partial charge on any atom is 0.320 e. The molecular formula is C15H22FNO3.